The number of aromatic nitrogens is 2. The van der Waals surface area contributed by atoms with Gasteiger partial charge in [0.25, 0.3) is 5.91 Å². The summed E-state index contributed by atoms with van der Waals surface area (Å²) >= 11 is 12.4. The Bertz CT molecular complexity index is 817. The molecule has 0 saturated heterocycles. The maximum absolute atomic E-state index is 12.9. The molecule has 1 heterocycles. The highest BCUT2D eigenvalue weighted by molar-refractivity contribution is 6.36. The lowest BCUT2D eigenvalue weighted by Gasteiger charge is -2.54. The van der Waals surface area contributed by atoms with E-state index >= 15 is 0 Å². The van der Waals surface area contributed by atoms with Crippen LogP contribution in [0.5, 0.6) is 0 Å². The summed E-state index contributed by atoms with van der Waals surface area (Å²) in [5, 5.41) is 11.4. The fourth-order valence-corrected chi connectivity index (χ4v) is 6.07. The van der Waals surface area contributed by atoms with Crippen LogP contribution in [0.15, 0.2) is 24.3 Å². The fourth-order valence-electron chi connectivity index (χ4n) is 5.66. The molecule has 0 radical (unpaired) electrons. The van der Waals surface area contributed by atoms with Gasteiger partial charge in [-0.2, -0.15) is 5.10 Å². The summed E-state index contributed by atoms with van der Waals surface area (Å²) in [7, 11) is 0. The van der Waals surface area contributed by atoms with E-state index in [-0.39, 0.29) is 11.9 Å². The maximum atomic E-state index is 12.9. The number of rotatable bonds is 3. The Morgan fingerprint density at radius 2 is 1.62 bits per heavy atom. The van der Waals surface area contributed by atoms with Crippen LogP contribution < -0.4 is 5.32 Å². The summed E-state index contributed by atoms with van der Waals surface area (Å²) in [6.45, 7) is 0. The number of nitrogens with zero attached hydrogens (tertiary/aromatic N) is 1. The number of nitrogens with one attached hydrogen (secondary N) is 2. The van der Waals surface area contributed by atoms with Gasteiger partial charge in [0.15, 0.2) is 0 Å². The second-order valence-electron chi connectivity index (χ2n) is 8.20. The molecule has 2 aromatic rings. The third-order valence-corrected chi connectivity index (χ3v) is 7.20. The van der Waals surface area contributed by atoms with Gasteiger partial charge >= 0.3 is 0 Å². The molecule has 4 fully saturated rings. The van der Waals surface area contributed by atoms with Gasteiger partial charge in [0.1, 0.15) is 11.4 Å². The van der Waals surface area contributed by atoms with Gasteiger partial charge in [-0.1, -0.05) is 35.3 Å². The van der Waals surface area contributed by atoms with Crippen LogP contribution in [0.4, 0.5) is 0 Å². The molecule has 1 aromatic heterocycles. The molecule has 1 amide bonds. The topological polar surface area (TPSA) is 57.8 Å². The number of aromatic amines is 1. The molecule has 6 heteroatoms. The lowest BCUT2D eigenvalue weighted by molar-refractivity contribution is -0.0120. The quantitative estimate of drug-likeness (QED) is 0.780. The third kappa shape index (κ3) is 2.74. The Labute approximate surface area is 162 Å². The second-order valence-corrected chi connectivity index (χ2v) is 9.01. The normalized spacial score (nSPS) is 32.0. The van der Waals surface area contributed by atoms with Crippen molar-refractivity contribution in [1.29, 1.82) is 0 Å². The van der Waals surface area contributed by atoms with E-state index in [2.05, 4.69) is 15.5 Å². The van der Waals surface area contributed by atoms with Gasteiger partial charge in [-0.25, -0.2) is 0 Å². The molecule has 4 aliphatic carbocycles. The van der Waals surface area contributed by atoms with Crippen molar-refractivity contribution in [1.82, 2.24) is 15.5 Å². The van der Waals surface area contributed by atoms with Crippen molar-refractivity contribution >= 4 is 29.1 Å². The first kappa shape index (κ1) is 16.6. The van der Waals surface area contributed by atoms with Gasteiger partial charge < -0.3 is 5.32 Å². The van der Waals surface area contributed by atoms with Crippen molar-refractivity contribution < 1.29 is 4.79 Å². The summed E-state index contributed by atoms with van der Waals surface area (Å²) < 4.78 is 0. The van der Waals surface area contributed by atoms with Crippen molar-refractivity contribution in [2.75, 3.05) is 0 Å². The molecule has 0 spiro atoms. The number of carbonyl (C=O) groups is 1. The van der Waals surface area contributed by atoms with E-state index in [9.17, 15) is 4.79 Å². The molecule has 0 aliphatic heterocycles. The Morgan fingerprint density at radius 3 is 2.23 bits per heavy atom. The molecular weight excluding hydrogens is 369 g/mol. The summed E-state index contributed by atoms with van der Waals surface area (Å²) in [5.41, 5.74) is 1.77. The van der Waals surface area contributed by atoms with Gasteiger partial charge in [0, 0.05) is 16.6 Å². The molecule has 0 atom stereocenters. The highest BCUT2D eigenvalue weighted by atomic mass is 35.5. The number of benzene rings is 1. The van der Waals surface area contributed by atoms with Crippen LogP contribution in [-0.4, -0.2) is 22.1 Å². The number of hydrogen-bond donors (Lipinski definition) is 2. The van der Waals surface area contributed by atoms with Crippen LogP contribution in [0.2, 0.25) is 10.0 Å². The summed E-state index contributed by atoms with van der Waals surface area (Å²) in [6, 6.07) is 7.56. The molecule has 136 valence electrons. The molecular formula is C20H21Cl2N3O. The van der Waals surface area contributed by atoms with E-state index in [4.69, 9.17) is 23.2 Å². The first-order valence-electron chi connectivity index (χ1n) is 9.39. The molecule has 4 saturated carbocycles. The SMILES string of the molecule is O=C(NC1C2CC3CC(C2)CC1C3)c1[nH]nc(-c2ccc(Cl)cc2)c1Cl. The van der Waals surface area contributed by atoms with E-state index in [0.717, 1.165) is 17.4 Å². The molecule has 4 bridgehead atoms. The van der Waals surface area contributed by atoms with Crippen LogP contribution >= 0.6 is 23.2 Å². The lowest BCUT2D eigenvalue weighted by atomic mass is 9.54. The van der Waals surface area contributed by atoms with Crippen molar-refractivity contribution in [2.24, 2.45) is 23.7 Å². The van der Waals surface area contributed by atoms with E-state index in [0.29, 0.717) is 33.3 Å². The molecule has 4 nitrogen and oxygen atoms in total. The number of H-pyrrole nitrogens is 1. The molecule has 26 heavy (non-hydrogen) atoms. The first-order valence-corrected chi connectivity index (χ1v) is 10.1. The smallest absolute Gasteiger partial charge is 0.271 e. The lowest BCUT2D eigenvalue weighted by Crippen LogP contribution is -2.55. The second kappa shape index (κ2) is 6.28. The van der Waals surface area contributed by atoms with Crippen LogP contribution in [0, 0.1) is 23.7 Å². The number of amides is 1. The van der Waals surface area contributed by atoms with Crippen LogP contribution in [-0.2, 0) is 0 Å². The third-order valence-electron chi connectivity index (χ3n) is 6.58. The molecule has 6 rings (SSSR count). The minimum atomic E-state index is -0.139. The van der Waals surface area contributed by atoms with Crippen LogP contribution in [0.25, 0.3) is 11.3 Å². The van der Waals surface area contributed by atoms with Gasteiger partial charge in [0.2, 0.25) is 0 Å². The van der Waals surface area contributed by atoms with Crippen molar-refractivity contribution in [3.05, 3.63) is 40.0 Å². The molecule has 1 aromatic carbocycles. The maximum Gasteiger partial charge on any atom is 0.271 e. The Morgan fingerprint density at radius 1 is 1.00 bits per heavy atom. The fraction of sp³-hybridized carbons (Fsp3) is 0.500. The van der Waals surface area contributed by atoms with Gasteiger partial charge in [-0.15, -0.1) is 0 Å². The van der Waals surface area contributed by atoms with Crippen molar-refractivity contribution in [2.45, 2.75) is 38.1 Å². The molecule has 2 N–H and O–H groups in total. The average molecular weight is 390 g/mol. The molecule has 4 aliphatic rings. The Hall–Kier alpha value is -1.52. The van der Waals surface area contributed by atoms with E-state index in [1.165, 1.54) is 32.1 Å². The van der Waals surface area contributed by atoms with Gasteiger partial charge in [-0.3, -0.25) is 9.89 Å². The van der Waals surface area contributed by atoms with E-state index in [1.54, 1.807) is 12.1 Å². The van der Waals surface area contributed by atoms with Crippen LogP contribution in [0.1, 0.15) is 42.6 Å². The largest absolute Gasteiger partial charge is 0.347 e. The highest BCUT2D eigenvalue weighted by Gasteiger charge is 2.48. The highest BCUT2D eigenvalue weighted by Crippen LogP contribution is 2.53. The van der Waals surface area contributed by atoms with Gasteiger partial charge in [0.05, 0.1) is 5.02 Å². The number of halogens is 2. The van der Waals surface area contributed by atoms with Crippen LogP contribution in [0.3, 0.4) is 0 Å². The summed E-state index contributed by atoms with van der Waals surface area (Å²) in [4.78, 5) is 12.9. The number of hydrogen-bond acceptors (Lipinski definition) is 2. The minimum Gasteiger partial charge on any atom is -0.347 e. The predicted octanol–water partition coefficient (Wildman–Crippen LogP) is 4.94. The van der Waals surface area contributed by atoms with Crippen molar-refractivity contribution in [3.8, 4) is 11.3 Å². The zero-order chi connectivity index (χ0) is 17.8. The minimum absolute atomic E-state index is 0.139. The molecule has 0 unspecified atom stereocenters. The monoisotopic (exact) mass is 389 g/mol. The average Bonchev–Trinajstić information content (AvgIpc) is 3.00. The Balaban J connectivity index is 1.36. The first-order chi connectivity index (χ1) is 12.6. The Kier molecular flexibility index (Phi) is 4.02. The summed E-state index contributed by atoms with van der Waals surface area (Å²) in [5.74, 6) is 2.90. The van der Waals surface area contributed by atoms with E-state index < -0.39 is 0 Å². The predicted molar refractivity (Wildman–Crippen MR) is 102 cm³/mol. The zero-order valence-electron chi connectivity index (χ0n) is 14.3. The van der Waals surface area contributed by atoms with E-state index in [1.807, 2.05) is 12.1 Å². The number of carbonyl (C=O) groups excluding carboxylic acids is 1. The van der Waals surface area contributed by atoms with Crippen molar-refractivity contribution in [3.63, 3.8) is 0 Å². The zero-order valence-corrected chi connectivity index (χ0v) is 15.9. The van der Waals surface area contributed by atoms with Gasteiger partial charge in [-0.05, 0) is 67.9 Å². The standard InChI is InChI=1S/C20H21Cl2N3O/c21-15-3-1-12(2-4-15)18-16(22)19(25-24-18)20(26)23-17-13-6-10-5-11(8-13)9-14(17)7-10/h1-4,10-11,13-14,17H,5-9H2,(H,23,26)(H,24,25). The summed E-state index contributed by atoms with van der Waals surface area (Å²) in [6.07, 6.45) is 6.48.